The van der Waals surface area contributed by atoms with Crippen LogP contribution in [0.5, 0.6) is 0 Å². The maximum Gasteiger partial charge on any atom is 0.123 e. The molecule has 0 spiro atoms. The van der Waals surface area contributed by atoms with Crippen molar-refractivity contribution >= 4 is 0 Å². The van der Waals surface area contributed by atoms with E-state index in [-0.39, 0.29) is 11.9 Å². The van der Waals surface area contributed by atoms with Crippen molar-refractivity contribution in [2.75, 3.05) is 0 Å². The Morgan fingerprint density at radius 2 is 1.67 bits per heavy atom. The van der Waals surface area contributed by atoms with E-state index >= 15 is 0 Å². The first-order valence-corrected chi connectivity index (χ1v) is 6.14. The van der Waals surface area contributed by atoms with Crippen LogP contribution in [-0.4, -0.2) is 0 Å². The van der Waals surface area contributed by atoms with Crippen LogP contribution in [0.3, 0.4) is 0 Å². The van der Waals surface area contributed by atoms with Gasteiger partial charge in [0.1, 0.15) is 5.82 Å². The van der Waals surface area contributed by atoms with Gasteiger partial charge in [-0.3, -0.25) is 0 Å². The van der Waals surface area contributed by atoms with Crippen LogP contribution in [0, 0.1) is 19.7 Å². The Kier molecular flexibility index (Phi) is 3.78. The maximum absolute atomic E-state index is 13.1. The lowest BCUT2D eigenvalue weighted by molar-refractivity contribution is 0.621. The van der Waals surface area contributed by atoms with Gasteiger partial charge >= 0.3 is 0 Å². The lowest BCUT2D eigenvalue weighted by Gasteiger charge is -2.17. The highest BCUT2D eigenvalue weighted by Crippen LogP contribution is 2.23. The van der Waals surface area contributed by atoms with Crippen LogP contribution < -0.4 is 5.73 Å². The summed E-state index contributed by atoms with van der Waals surface area (Å²) in [4.78, 5) is 0. The number of benzene rings is 2. The van der Waals surface area contributed by atoms with Gasteiger partial charge in [-0.25, -0.2) is 4.39 Å². The molecule has 94 valence electrons. The quantitative estimate of drug-likeness (QED) is 0.874. The average molecular weight is 243 g/mol. The molecule has 0 aliphatic carbocycles. The molecule has 2 aromatic carbocycles. The van der Waals surface area contributed by atoms with Gasteiger partial charge in [-0.1, -0.05) is 30.3 Å². The van der Waals surface area contributed by atoms with Crippen LogP contribution in [0.15, 0.2) is 42.5 Å². The summed E-state index contributed by atoms with van der Waals surface area (Å²) in [5.41, 5.74) is 10.7. The summed E-state index contributed by atoms with van der Waals surface area (Å²) in [6, 6.07) is 12.7. The SMILES string of the molecule is Cc1cccc(C)c1C(N)Cc1cccc(F)c1. The molecule has 18 heavy (non-hydrogen) atoms. The Balaban J connectivity index is 2.25. The van der Waals surface area contributed by atoms with E-state index in [4.69, 9.17) is 5.73 Å². The lowest BCUT2D eigenvalue weighted by atomic mass is 9.92. The predicted molar refractivity (Wildman–Crippen MR) is 72.9 cm³/mol. The smallest absolute Gasteiger partial charge is 0.123 e. The van der Waals surface area contributed by atoms with Crippen molar-refractivity contribution in [3.05, 3.63) is 70.5 Å². The van der Waals surface area contributed by atoms with E-state index in [1.165, 1.54) is 22.8 Å². The monoisotopic (exact) mass is 243 g/mol. The van der Waals surface area contributed by atoms with Gasteiger partial charge in [0.15, 0.2) is 0 Å². The summed E-state index contributed by atoms with van der Waals surface area (Å²) in [7, 11) is 0. The Hall–Kier alpha value is -1.67. The Morgan fingerprint density at radius 1 is 1.06 bits per heavy atom. The maximum atomic E-state index is 13.1. The Bertz CT molecular complexity index is 528. The summed E-state index contributed by atoms with van der Waals surface area (Å²) in [5.74, 6) is -0.207. The average Bonchev–Trinajstić information content (AvgIpc) is 2.28. The number of rotatable bonds is 3. The van der Waals surface area contributed by atoms with Gasteiger partial charge in [-0.2, -0.15) is 0 Å². The standard InChI is InChI=1S/C16H18FN/c1-11-5-3-6-12(2)16(11)15(18)10-13-7-4-8-14(17)9-13/h3-9,15H,10,18H2,1-2H3. The predicted octanol–water partition coefficient (Wildman–Crippen LogP) is 3.69. The van der Waals surface area contributed by atoms with Crippen molar-refractivity contribution in [2.24, 2.45) is 5.73 Å². The summed E-state index contributed by atoms with van der Waals surface area (Å²) in [5, 5.41) is 0. The van der Waals surface area contributed by atoms with Crippen molar-refractivity contribution in [3.8, 4) is 0 Å². The molecule has 1 nitrogen and oxygen atoms in total. The third-order valence-electron chi connectivity index (χ3n) is 3.26. The first kappa shape index (κ1) is 12.8. The third-order valence-corrected chi connectivity index (χ3v) is 3.26. The van der Waals surface area contributed by atoms with Crippen molar-refractivity contribution in [1.29, 1.82) is 0 Å². The fraction of sp³-hybridized carbons (Fsp3) is 0.250. The van der Waals surface area contributed by atoms with Crippen molar-refractivity contribution < 1.29 is 4.39 Å². The van der Waals surface area contributed by atoms with E-state index in [0.717, 1.165) is 5.56 Å². The molecular formula is C16H18FN. The second kappa shape index (κ2) is 5.32. The van der Waals surface area contributed by atoms with Gasteiger partial charge in [0, 0.05) is 6.04 Å². The zero-order valence-electron chi connectivity index (χ0n) is 10.8. The molecule has 0 heterocycles. The zero-order chi connectivity index (χ0) is 13.1. The van der Waals surface area contributed by atoms with Crippen LogP contribution in [0.2, 0.25) is 0 Å². The van der Waals surface area contributed by atoms with E-state index in [1.54, 1.807) is 12.1 Å². The van der Waals surface area contributed by atoms with E-state index in [0.29, 0.717) is 6.42 Å². The minimum Gasteiger partial charge on any atom is -0.324 e. The molecule has 2 rings (SSSR count). The fourth-order valence-electron chi connectivity index (χ4n) is 2.43. The largest absolute Gasteiger partial charge is 0.324 e. The molecule has 0 aliphatic rings. The van der Waals surface area contributed by atoms with Crippen molar-refractivity contribution in [2.45, 2.75) is 26.3 Å². The summed E-state index contributed by atoms with van der Waals surface area (Å²) < 4.78 is 13.1. The van der Waals surface area contributed by atoms with Gasteiger partial charge in [0.25, 0.3) is 0 Å². The Morgan fingerprint density at radius 3 is 2.28 bits per heavy atom. The number of nitrogens with two attached hydrogens (primary N) is 1. The molecule has 0 saturated heterocycles. The summed E-state index contributed by atoms with van der Waals surface area (Å²) >= 11 is 0. The molecular weight excluding hydrogens is 225 g/mol. The molecule has 0 aliphatic heterocycles. The van der Waals surface area contributed by atoms with E-state index < -0.39 is 0 Å². The highest BCUT2D eigenvalue weighted by molar-refractivity contribution is 5.37. The molecule has 0 saturated carbocycles. The van der Waals surface area contributed by atoms with E-state index in [1.807, 2.05) is 12.1 Å². The zero-order valence-corrected chi connectivity index (χ0v) is 10.8. The lowest BCUT2D eigenvalue weighted by Crippen LogP contribution is -2.16. The molecule has 2 heteroatoms. The highest BCUT2D eigenvalue weighted by atomic mass is 19.1. The van der Waals surface area contributed by atoms with Crippen molar-refractivity contribution in [1.82, 2.24) is 0 Å². The normalized spacial score (nSPS) is 12.4. The van der Waals surface area contributed by atoms with Gasteiger partial charge < -0.3 is 5.73 Å². The summed E-state index contributed by atoms with van der Waals surface area (Å²) in [6.45, 7) is 4.13. The third kappa shape index (κ3) is 2.77. The van der Waals surface area contributed by atoms with Crippen LogP contribution in [-0.2, 0) is 6.42 Å². The first-order valence-electron chi connectivity index (χ1n) is 6.14. The molecule has 2 N–H and O–H groups in total. The molecule has 0 aromatic heterocycles. The molecule has 0 bridgehead atoms. The second-order valence-electron chi connectivity index (χ2n) is 4.75. The minimum atomic E-state index is -0.207. The van der Waals surface area contributed by atoms with Gasteiger partial charge in [0.05, 0.1) is 0 Å². The molecule has 0 radical (unpaired) electrons. The van der Waals surface area contributed by atoms with Crippen LogP contribution in [0.1, 0.15) is 28.3 Å². The first-order chi connectivity index (χ1) is 8.58. The molecule has 0 amide bonds. The van der Waals surface area contributed by atoms with Crippen LogP contribution in [0.25, 0.3) is 0 Å². The molecule has 1 atom stereocenters. The second-order valence-corrected chi connectivity index (χ2v) is 4.75. The van der Waals surface area contributed by atoms with E-state index in [9.17, 15) is 4.39 Å². The van der Waals surface area contributed by atoms with E-state index in [2.05, 4.69) is 26.0 Å². The van der Waals surface area contributed by atoms with Crippen LogP contribution >= 0.6 is 0 Å². The fourth-order valence-corrected chi connectivity index (χ4v) is 2.43. The topological polar surface area (TPSA) is 26.0 Å². The summed E-state index contributed by atoms with van der Waals surface area (Å²) in [6.07, 6.45) is 0.656. The molecule has 0 fully saturated rings. The van der Waals surface area contributed by atoms with Gasteiger partial charge in [0.2, 0.25) is 0 Å². The number of hydrogen-bond acceptors (Lipinski definition) is 1. The van der Waals surface area contributed by atoms with Gasteiger partial charge in [-0.15, -0.1) is 0 Å². The molecule has 1 unspecified atom stereocenters. The van der Waals surface area contributed by atoms with Gasteiger partial charge in [-0.05, 0) is 54.7 Å². The number of hydrogen-bond donors (Lipinski definition) is 1. The molecule has 2 aromatic rings. The van der Waals surface area contributed by atoms with Crippen molar-refractivity contribution in [3.63, 3.8) is 0 Å². The Labute approximate surface area is 107 Å². The highest BCUT2D eigenvalue weighted by Gasteiger charge is 2.12. The van der Waals surface area contributed by atoms with Crippen LogP contribution in [0.4, 0.5) is 4.39 Å². The number of aryl methyl sites for hydroxylation is 2. The minimum absolute atomic E-state index is 0.0898. The number of halogens is 1.